The van der Waals surface area contributed by atoms with Crippen molar-refractivity contribution < 1.29 is 23.3 Å². The molecule has 0 spiro atoms. The van der Waals surface area contributed by atoms with Crippen molar-refractivity contribution in [3.05, 3.63) is 0 Å². The Balaban J connectivity index is 2.34. The topological polar surface area (TPSA) is 92.8 Å². The van der Waals surface area contributed by atoms with Crippen LogP contribution in [-0.2, 0) is 29.9 Å². The average Bonchev–Trinajstić information content (AvgIpc) is 2.52. The van der Waals surface area contributed by atoms with Gasteiger partial charge in [0.2, 0.25) is 11.8 Å². The van der Waals surface area contributed by atoms with E-state index >= 15 is 0 Å². The Bertz CT molecular complexity index is 489. The molecule has 0 aromatic carbocycles. The third-order valence-corrected chi connectivity index (χ3v) is 5.74. The number of β-lactam (4-membered cyclic amide) rings is 1. The molecule has 0 bridgehead atoms. The maximum Gasteiger partial charge on any atom is 0.330 e. The van der Waals surface area contributed by atoms with Gasteiger partial charge in [0.1, 0.15) is 17.5 Å². The first-order valence-corrected chi connectivity index (χ1v) is 7.02. The molecule has 2 heterocycles. The number of carbonyl (C=O) groups excluding carboxylic acids is 3. The summed E-state index contributed by atoms with van der Waals surface area (Å²) in [6, 6.07) is -1.69. The van der Waals surface area contributed by atoms with Crippen LogP contribution < -0.4 is 5.32 Å². The highest BCUT2D eigenvalue weighted by Crippen LogP contribution is 2.43. The predicted octanol–water partition coefficient (Wildman–Crippen LogP) is -1.26. The molecule has 0 aromatic rings. The van der Waals surface area contributed by atoms with Crippen molar-refractivity contribution in [1.82, 2.24) is 10.2 Å². The van der Waals surface area contributed by atoms with Crippen molar-refractivity contribution >= 4 is 28.6 Å². The van der Waals surface area contributed by atoms with Gasteiger partial charge in [-0.2, -0.15) is 0 Å². The predicted molar refractivity (Wildman–Crippen MR) is 66.3 cm³/mol. The van der Waals surface area contributed by atoms with E-state index in [0.29, 0.717) is 0 Å². The molecule has 4 atom stereocenters. The number of methoxy groups -OCH3 is 1. The zero-order valence-corrected chi connectivity index (χ0v) is 11.9. The minimum atomic E-state index is -1.45. The summed E-state index contributed by atoms with van der Waals surface area (Å²) in [7, 11) is -0.225. The number of nitrogens with one attached hydrogen (secondary N) is 1. The molecule has 2 amide bonds. The Labute approximate surface area is 113 Å². The Morgan fingerprint density at radius 2 is 2.00 bits per heavy atom. The molecule has 1 N–H and O–H groups in total. The summed E-state index contributed by atoms with van der Waals surface area (Å²) in [5.74, 6) is -1.35. The highest BCUT2D eigenvalue weighted by atomic mass is 32.2. The molecule has 7 nitrogen and oxygen atoms in total. The highest BCUT2D eigenvalue weighted by Gasteiger charge is 2.68. The summed E-state index contributed by atoms with van der Waals surface area (Å²) in [5, 5.41) is 1.81. The number of fused-ring (bicyclic) bond motifs is 1. The Hall–Kier alpha value is -1.44. The fraction of sp³-hybridized carbons (Fsp3) is 0.727. The normalized spacial score (nSPS) is 35.4. The van der Waals surface area contributed by atoms with Gasteiger partial charge in [0.15, 0.2) is 0 Å². The van der Waals surface area contributed by atoms with Gasteiger partial charge in [-0.1, -0.05) is 0 Å². The standard InChI is InChI=1S/C11H16N2O5S/c1-5(14)12-6-8(15)13-7(10(16)18-4)11(2,3)19(17)9(6)13/h6-7,9H,1-4H3,(H,12,14). The van der Waals surface area contributed by atoms with Gasteiger partial charge in [0.25, 0.3) is 0 Å². The molecule has 2 saturated heterocycles. The fourth-order valence-corrected chi connectivity index (χ4v) is 4.52. The summed E-state index contributed by atoms with van der Waals surface area (Å²) in [4.78, 5) is 36.1. The molecule has 2 aliphatic heterocycles. The minimum Gasteiger partial charge on any atom is -0.467 e. The summed E-state index contributed by atoms with van der Waals surface area (Å²) in [6.45, 7) is 4.60. The monoisotopic (exact) mass is 288 g/mol. The first-order chi connectivity index (χ1) is 8.73. The second kappa shape index (κ2) is 4.29. The lowest BCUT2D eigenvalue weighted by Crippen LogP contribution is -2.71. The Morgan fingerprint density at radius 3 is 2.47 bits per heavy atom. The second-order valence-electron chi connectivity index (χ2n) is 5.14. The largest absolute Gasteiger partial charge is 0.467 e. The van der Waals surface area contributed by atoms with E-state index in [2.05, 4.69) is 10.1 Å². The highest BCUT2D eigenvalue weighted by molar-refractivity contribution is 7.87. The van der Waals surface area contributed by atoms with Crippen LogP contribution in [0, 0.1) is 0 Å². The third kappa shape index (κ3) is 1.77. The van der Waals surface area contributed by atoms with Gasteiger partial charge in [-0.3, -0.25) is 13.8 Å². The molecule has 106 valence electrons. The number of carbonyl (C=O) groups is 3. The van der Waals surface area contributed by atoms with Crippen molar-refractivity contribution in [1.29, 1.82) is 0 Å². The van der Waals surface area contributed by atoms with Crippen LogP contribution in [0.1, 0.15) is 20.8 Å². The summed E-state index contributed by atoms with van der Waals surface area (Å²) < 4.78 is 16.2. The van der Waals surface area contributed by atoms with E-state index in [1.165, 1.54) is 18.9 Å². The Morgan fingerprint density at radius 1 is 1.42 bits per heavy atom. The average molecular weight is 288 g/mol. The van der Waals surface area contributed by atoms with Crippen LogP contribution >= 0.6 is 0 Å². The van der Waals surface area contributed by atoms with E-state index in [0.717, 1.165) is 0 Å². The summed E-state index contributed by atoms with van der Waals surface area (Å²) in [6.07, 6.45) is 0. The number of rotatable bonds is 2. The van der Waals surface area contributed by atoms with E-state index in [1.54, 1.807) is 13.8 Å². The number of nitrogens with zero attached hydrogens (tertiary/aromatic N) is 1. The van der Waals surface area contributed by atoms with Crippen molar-refractivity contribution in [2.75, 3.05) is 7.11 Å². The van der Waals surface area contributed by atoms with E-state index in [4.69, 9.17) is 0 Å². The lowest BCUT2D eigenvalue weighted by atomic mass is 9.96. The van der Waals surface area contributed by atoms with Crippen LogP contribution in [0.3, 0.4) is 0 Å². The molecule has 8 heteroatoms. The number of hydrogen-bond donors (Lipinski definition) is 1. The van der Waals surface area contributed by atoms with Crippen LogP contribution in [0.4, 0.5) is 0 Å². The second-order valence-corrected chi connectivity index (χ2v) is 7.27. The quantitative estimate of drug-likeness (QED) is 0.506. The molecule has 0 saturated carbocycles. The van der Waals surface area contributed by atoms with Crippen molar-refractivity contribution in [3.63, 3.8) is 0 Å². The number of amides is 2. The first kappa shape index (κ1) is 14.0. The smallest absolute Gasteiger partial charge is 0.330 e. The van der Waals surface area contributed by atoms with Crippen LogP contribution in [0.5, 0.6) is 0 Å². The molecule has 0 aliphatic carbocycles. The molecule has 2 fully saturated rings. The summed E-state index contributed by atoms with van der Waals surface area (Å²) >= 11 is 0. The maximum atomic E-state index is 12.4. The van der Waals surface area contributed by atoms with Gasteiger partial charge in [0, 0.05) is 6.92 Å². The van der Waals surface area contributed by atoms with Crippen LogP contribution in [0.25, 0.3) is 0 Å². The van der Waals surface area contributed by atoms with Crippen molar-refractivity contribution in [2.45, 2.75) is 43.0 Å². The van der Waals surface area contributed by atoms with Gasteiger partial charge in [-0.25, -0.2) is 4.79 Å². The maximum absolute atomic E-state index is 12.4. The minimum absolute atomic E-state index is 0.366. The zero-order chi connectivity index (χ0) is 14.5. The van der Waals surface area contributed by atoms with Crippen molar-refractivity contribution in [3.8, 4) is 0 Å². The molecular weight excluding hydrogens is 272 g/mol. The number of esters is 1. The van der Waals surface area contributed by atoms with Gasteiger partial charge in [-0.05, 0) is 13.8 Å². The van der Waals surface area contributed by atoms with E-state index in [9.17, 15) is 18.6 Å². The molecule has 0 aromatic heterocycles. The van der Waals surface area contributed by atoms with Crippen LogP contribution in [0.15, 0.2) is 0 Å². The lowest BCUT2D eigenvalue weighted by molar-refractivity contribution is -0.162. The molecule has 0 radical (unpaired) electrons. The van der Waals surface area contributed by atoms with E-state index in [1.807, 2.05) is 0 Å². The van der Waals surface area contributed by atoms with Crippen LogP contribution in [-0.4, -0.2) is 56.2 Å². The molecule has 19 heavy (non-hydrogen) atoms. The zero-order valence-electron chi connectivity index (χ0n) is 11.1. The van der Waals surface area contributed by atoms with Crippen LogP contribution in [0.2, 0.25) is 0 Å². The van der Waals surface area contributed by atoms with Gasteiger partial charge >= 0.3 is 5.97 Å². The number of ether oxygens (including phenoxy) is 1. The first-order valence-electron chi connectivity index (χ1n) is 5.81. The van der Waals surface area contributed by atoms with Gasteiger partial charge in [0.05, 0.1) is 22.7 Å². The number of hydrogen-bond acceptors (Lipinski definition) is 5. The Kier molecular flexibility index (Phi) is 3.16. The third-order valence-electron chi connectivity index (χ3n) is 3.54. The van der Waals surface area contributed by atoms with Crippen molar-refractivity contribution in [2.24, 2.45) is 0 Å². The lowest BCUT2D eigenvalue weighted by Gasteiger charge is -2.43. The van der Waals surface area contributed by atoms with Gasteiger partial charge < -0.3 is 15.0 Å². The fourth-order valence-electron chi connectivity index (χ4n) is 2.60. The van der Waals surface area contributed by atoms with Gasteiger partial charge in [-0.15, -0.1) is 0 Å². The van der Waals surface area contributed by atoms with E-state index < -0.39 is 44.9 Å². The van der Waals surface area contributed by atoms with E-state index in [-0.39, 0.29) is 5.91 Å². The summed E-state index contributed by atoms with van der Waals surface area (Å²) in [5.41, 5.74) is 0. The molecular formula is C11H16N2O5S. The molecule has 2 rings (SSSR count). The SMILES string of the molecule is COC(=O)C1N2C(=O)C(NC(C)=O)C2S(=O)C1(C)C. The molecule has 4 unspecified atom stereocenters. The molecule has 2 aliphatic rings.